The van der Waals surface area contributed by atoms with Crippen molar-refractivity contribution in [3.05, 3.63) is 0 Å². The second-order valence-electron chi connectivity index (χ2n) is 2.41. The van der Waals surface area contributed by atoms with Crippen molar-refractivity contribution >= 4 is 35.7 Å². The van der Waals surface area contributed by atoms with Crippen LogP contribution >= 0.6 is 35.7 Å². The Morgan fingerprint density at radius 1 is 1.56 bits per heavy atom. The summed E-state index contributed by atoms with van der Waals surface area (Å²) in [5, 5.41) is 0.917. The molecule has 9 heavy (non-hydrogen) atoms. The van der Waals surface area contributed by atoms with E-state index < -0.39 is 0 Å². The molecule has 0 N–H and O–H groups in total. The van der Waals surface area contributed by atoms with E-state index in [2.05, 4.69) is 18.2 Å². The molecule has 0 aromatic heterocycles. The lowest BCUT2D eigenvalue weighted by atomic mass is 10.4. The van der Waals surface area contributed by atoms with E-state index in [1.165, 1.54) is 19.5 Å². The van der Waals surface area contributed by atoms with Crippen molar-refractivity contribution in [2.24, 2.45) is 0 Å². The van der Waals surface area contributed by atoms with Gasteiger partial charge in [0.2, 0.25) is 0 Å². The van der Waals surface area contributed by atoms with Gasteiger partial charge in [-0.2, -0.15) is 11.8 Å². The van der Waals surface area contributed by atoms with Crippen molar-refractivity contribution in [3.8, 4) is 0 Å². The summed E-state index contributed by atoms with van der Waals surface area (Å²) in [6.45, 7) is 2.59. The number of thioether (sulfide) groups is 1. The van der Waals surface area contributed by atoms with E-state index in [1.807, 2.05) is 11.8 Å². The molecule has 1 heterocycles. The van der Waals surface area contributed by atoms with E-state index in [9.17, 15) is 0 Å². The maximum atomic E-state index is 2.39. The number of hydrogen-bond donors (Lipinski definition) is 0. The molecule has 0 amide bonds. The van der Waals surface area contributed by atoms with E-state index in [0.717, 1.165) is 5.25 Å². The molecule has 1 nitrogen and oxygen atoms in total. The van der Waals surface area contributed by atoms with Crippen molar-refractivity contribution in [1.29, 1.82) is 0 Å². The average Bonchev–Trinajstić information content (AvgIpc) is 2.14. The first kappa shape index (κ1) is 10.0. The van der Waals surface area contributed by atoms with Crippen LogP contribution in [0, 0.1) is 0 Å². The van der Waals surface area contributed by atoms with Crippen molar-refractivity contribution in [2.75, 3.05) is 26.4 Å². The third kappa shape index (κ3) is 3.09. The highest BCUT2D eigenvalue weighted by molar-refractivity contribution is 14.0. The maximum absolute atomic E-state index is 2.39. The topological polar surface area (TPSA) is 3.24 Å². The molecular formula is C6H14INS. The lowest BCUT2D eigenvalue weighted by Gasteiger charge is -2.05. The standard InChI is InChI=1S/C6H13NS.HI/c1-7-4-3-6(5-7)8-2;/h6H,3-5H2,1-2H3;1H. The molecule has 1 unspecified atom stereocenters. The highest BCUT2D eigenvalue weighted by Gasteiger charge is 2.17. The molecule has 1 rings (SSSR count). The van der Waals surface area contributed by atoms with Crippen LogP contribution in [0.2, 0.25) is 0 Å². The number of likely N-dealkylation sites (tertiary alicyclic amines) is 1. The normalized spacial score (nSPS) is 28.0. The Balaban J connectivity index is 0.000000640. The number of hydrogen-bond acceptors (Lipinski definition) is 2. The van der Waals surface area contributed by atoms with Gasteiger partial charge < -0.3 is 4.90 Å². The summed E-state index contributed by atoms with van der Waals surface area (Å²) >= 11 is 1.99. The Bertz CT molecular complexity index is 79.5. The molecule has 56 valence electrons. The van der Waals surface area contributed by atoms with Gasteiger partial charge in [-0.05, 0) is 26.3 Å². The van der Waals surface area contributed by atoms with Crippen molar-refractivity contribution in [3.63, 3.8) is 0 Å². The molecule has 1 aliphatic heterocycles. The molecule has 1 fully saturated rings. The molecule has 1 atom stereocenters. The second-order valence-corrected chi connectivity index (χ2v) is 3.55. The predicted molar refractivity (Wildman–Crippen MR) is 54.8 cm³/mol. The Kier molecular flexibility index (Phi) is 5.35. The van der Waals surface area contributed by atoms with Gasteiger partial charge >= 0.3 is 0 Å². The molecule has 0 aromatic carbocycles. The van der Waals surface area contributed by atoms with Gasteiger partial charge in [0.15, 0.2) is 0 Å². The third-order valence-corrected chi connectivity index (χ3v) is 2.73. The molecule has 3 heteroatoms. The Morgan fingerprint density at radius 3 is 2.44 bits per heavy atom. The summed E-state index contributed by atoms with van der Waals surface area (Å²) in [4.78, 5) is 2.39. The van der Waals surface area contributed by atoms with Gasteiger partial charge in [-0.15, -0.1) is 24.0 Å². The molecule has 0 radical (unpaired) electrons. The zero-order valence-electron chi connectivity index (χ0n) is 5.96. The molecule has 1 saturated heterocycles. The maximum Gasteiger partial charge on any atom is 0.0184 e. The van der Waals surface area contributed by atoms with E-state index in [1.54, 1.807) is 0 Å². The lowest BCUT2D eigenvalue weighted by molar-refractivity contribution is 0.419. The van der Waals surface area contributed by atoms with Crippen LogP contribution in [-0.2, 0) is 0 Å². The van der Waals surface area contributed by atoms with Gasteiger partial charge in [0.25, 0.3) is 0 Å². The van der Waals surface area contributed by atoms with Crippen molar-refractivity contribution < 1.29 is 0 Å². The first-order chi connectivity index (χ1) is 3.83. The number of rotatable bonds is 1. The molecule has 1 aliphatic rings. The van der Waals surface area contributed by atoms with Crippen LogP contribution in [0.15, 0.2) is 0 Å². The monoisotopic (exact) mass is 259 g/mol. The van der Waals surface area contributed by atoms with E-state index in [4.69, 9.17) is 0 Å². The van der Waals surface area contributed by atoms with Gasteiger partial charge in [0.05, 0.1) is 0 Å². The minimum atomic E-state index is 0. The fraction of sp³-hybridized carbons (Fsp3) is 1.00. The molecular weight excluding hydrogens is 245 g/mol. The van der Waals surface area contributed by atoms with E-state index in [0.29, 0.717) is 0 Å². The highest BCUT2D eigenvalue weighted by atomic mass is 127. The van der Waals surface area contributed by atoms with Crippen LogP contribution in [0.4, 0.5) is 0 Å². The van der Waals surface area contributed by atoms with Gasteiger partial charge in [-0.25, -0.2) is 0 Å². The fourth-order valence-corrected chi connectivity index (χ4v) is 1.83. The SMILES string of the molecule is CSC1CCN(C)C1.I. The van der Waals surface area contributed by atoms with Crippen LogP contribution in [0.3, 0.4) is 0 Å². The fourth-order valence-electron chi connectivity index (χ4n) is 1.09. The van der Waals surface area contributed by atoms with Crippen LogP contribution in [0.1, 0.15) is 6.42 Å². The quantitative estimate of drug-likeness (QED) is 0.659. The van der Waals surface area contributed by atoms with E-state index >= 15 is 0 Å². The summed E-state index contributed by atoms with van der Waals surface area (Å²) in [5.74, 6) is 0. The van der Waals surface area contributed by atoms with Crippen molar-refractivity contribution in [1.82, 2.24) is 4.90 Å². The van der Waals surface area contributed by atoms with Crippen LogP contribution in [0.25, 0.3) is 0 Å². The minimum Gasteiger partial charge on any atom is -0.305 e. The molecule has 0 aliphatic carbocycles. The number of halogens is 1. The van der Waals surface area contributed by atoms with Gasteiger partial charge in [-0.3, -0.25) is 0 Å². The first-order valence-electron chi connectivity index (χ1n) is 3.04. The van der Waals surface area contributed by atoms with Crippen LogP contribution < -0.4 is 0 Å². The second kappa shape index (κ2) is 4.79. The average molecular weight is 259 g/mol. The molecule has 0 bridgehead atoms. The summed E-state index contributed by atoms with van der Waals surface area (Å²) in [7, 11) is 2.19. The third-order valence-electron chi connectivity index (χ3n) is 1.68. The molecule has 0 spiro atoms. The zero-order valence-corrected chi connectivity index (χ0v) is 9.11. The lowest BCUT2D eigenvalue weighted by Crippen LogP contribution is -2.14. The van der Waals surface area contributed by atoms with Gasteiger partial charge in [-0.1, -0.05) is 0 Å². The first-order valence-corrected chi connectivity index (χ1v) is 4.33. The highest BCUT2D eigenvalue weighted by Crippen LogP contribution is 2.17. The largest absolute Gasteiger partial charge is 0.305 e. The molecule has 0 aromatic rings. The van der Waals surface area contributed by atoms with E-state index in [-0.39, 0.29) is 24.0 Å². The van der Waals surface area contributed by atoms with Crippen LogP contribution in [-0.4, -0.2) is 36.5 Å². The summed E-state index contributed by atoms with van der Waals surface area (Å²) in [6, 6.07) is 0. The summed E-state index contributed by atoms with van der Waals surface area (Å²) in [6.07, 6.45) is 3.58. The summed E-state index contributed by atoms with van der Waals surface area (Å²) < 4.78 is 0. The minimum absolute atomic E-state index is 0. The van der Waals surface area contributed by atoms with Crippen molar-refractivity contribution in [2.45, 2.75) is 11.7 Å². The Hall–Kier alpha value is 1.04. The zero-order chi connectivity index (χ0) is 5.98. The van der Waals surface area contributed by atoms with Gasteiger partial charge in [0, 0.05) is 11.8 Å². The predicted octanol–water partition coefficient (Wildman–Crippen LogP) is 1.67. The Morgan fingerprint density at radius 2 is 2.22 bits per heavy atom. The summed E-state index contributed by atoms with van der Waals surface area (Å²) in [5.41, 5.74) is 0. The van der Waals surface area contributed by atoms with Crippen LogP contribution in [0.5, 0.6) is 0 Å². The van der Waals surface area contributed by atoms with Gasteiger partial charge in [0.1, 0.15) is 0 Å². The number of nitrogens with zero attached hydrogens (tertiary/aromatic N) is 1. The Labute approximate surface area is 78.6 Å². The molecule has 0 saturated carbocycles. The smallest absolute Gasteiger partial charge is 0.0184 e.